The molecule has 4 aromatic rings. The molecule has 0 saturated heterocycles. The Kier molecular flexibility index (Phi) is 4.30. The van der Waals surface area contributed by atoms with Crippen LogP contribution >= 0.6 is 11.3 Å². The number of anilines is 1. The first-order valence-electron chi connectivity index (χ1n) is 10.2. The zero-order valence-electron chi connectivity index (χ0n) is 16.3. The minimum atomic E-state index is 0.559. The molecule has 1 aliphatic heterocycles. The lowest BCUT2D eigenvalue weighted by Crippen LogP contribution is -2.15. The molecule has 0 radical (unpaired) electrons. The highest BCUT2D eigenvalue weighted by atomic mass is 32.1. The van der Waals surface area contributed by atoms with Gasteiger partial charge in [-0.2, -0.15) is 0 Å². The quantitative estimate of drug-likeness (QED) is 0.516. The molecule has 0 amide bonds. The molecule has 30 heavy (non-hydrogen) atoms. The fourth-order valence-corrected chi connectivity index (χ4v) is 5.37. The van der Waals surface area contributed by atoms with Gasteiger partial charge in [0.2, 0.25) is 11.6 Å². The summed E-state index contributed by atoms with van der Waals surface area (Å²) in [6, 6.07) is 7.84. The predicted molar refractivity (Wildman–Crippen MR) is 114 cm³/mol. The van der Waals surface area contributed by atoms with Crippen LogP contribution in [0, 0.1) is 0 Å². The van der Waals surface area contributed by atoms with E-state index in [-0.39, 0.29) is 0 Å². The maximum atomic E-state index is 5.72. The van der Waals surface area contributed by atoms with Crippen LogP contribution in [0.15, 0.2) is 35.0 Å². The van der Waals surface area contributed by atoms with Crippen LogP contribution in [-0.2, 0) is 19.4 Å². The predicted octanol–water partition coefficient (Wildman–Crippen LogP) is 4.61. The molecule has 7 nitrogen and oxygen atoms in total. The summed E-state index contributed by atoms with van der Waals surface area (Å²) in [7, 11) is 0. The number of fused-ring (bicyclic) bond motifs is 4. The summed E-state index contributed by atoms with van der Waals surface area (Å²) in [4.78, 5) is 12.1. The van der Waals surface area contributed by atoms with Crippen LogP contribution in [0.4, 0.5) is 5.82 Å². The van der Waals surface area contributed by atoms with Crippen molar-refractivity contribution in [3.8, 4) is 23.1 Å². The van der Waals surface area contributed by atoms with Crippen LogP contribution in [0.25, 0.3) is 21.8 Å². The van der Waals surface area contributed by atoms with E-state index in [4.69, 9.17) is 24.0 Å². The lowest BCUT2D eigenvalue weighted by atomic mass is 9.97. The van der Waals surface area contributed by atoms with Gasteiger partial charge in [0.05, 0.1) is 11.6 Å². The number of aromatic nitrogens is 3. The lowest BCUT2D eigenvalue weighted by Gasteiger charge is -2.19. The van der Waals surface area contributed by atoms with Crippen LogP contribution in [0.3, 0.4) is 0 Å². The highest BCUT2D eigenvalue weighted by Crippen LogP contribution is 2.40. The van der Waals surface area contributed by atoms with E-state index in [0.29, 0.717) is 31.3 Å². The fourth-order valence-electron chi connectivity index (χ4n) is 4.11. The molecule has 0 saturated carbocycles. The van der Waals surface area contributed by atoms with E-state index in [0.717, 1.165) is 45.9 Å². The molecule has 0 spiro atoms. The number of benzene rings is 1. The summed E-state index contributed by atoms with van der Waals surface area (Å²) >= 11 is 1.78. The maximum Gasteiger partial charge on any atom is 0.204 e. The van der Waals surface area contributed by atoms with Gasteiger partial charge in [-0.25, -0.2) is 9.97 Å². The molecule has 0 atom stereocenters. The van der Waals surface area contributed by atoms with Crippen molar-refractivity contribution in [3.05, 3.63) is 46.5 Å². The smallest absolute Gasteiger partial charge is 0.204 e. The fraction of sp³-hybridized carbons (Fsp3) is 0.318. The van der Waals surface area contributed by atoms with Crippen molar-refractivity contribution in [3.63, 3.8) is 0 Å². The third-order valence-electron chi connectivity index (χ3n) is 5.54. The van der Waals surface area contributed by atoms with Crippen molar-refractivity contribution in [1.82, 2.24) is 15.1 Å². The Morgan fingerprint density at radius 2 is 1.90 bits per heavy atom. The molecule has 0 unspecified atom stereocenters. The van der Waals surface area contributed by atoms with Gasteiger partial charge in [0.15, 0.2) is 11.5 Å². The minimum Gasteiger partial charge on any atom is -0.486 e. The Morgan fingerprint density at radius 3 is 2.80 bits per heavy atom. The van der Waals surface area contributed by atoms with Crippen LogP contribution in [0.5, 0.6) is 11.5 Å². The van der Waals surface area contributed by atoms with Crippen molar-refractivity contribution in [2.45, 2.75) is 32.2 Å². The third kappa shape index (κ3) is 3.08. The molecular weight excluding hydrogens is 400 g/mol. The molecule has 1 aliphatic carbocycles. The highest BCUT2D eigenvalue weighted by Gasteiger charge is 2.22. The summed E-state index contributed by atoms with van der Waals surface area (Å²) in [5.41, 5.74) is 2.51. The van der Waals surface area contributed by atoms with E-state index in [1.54, 1.807) is 23.6 Å². The number of nitrogens with zero attached hydrogens (tertiary/aromatic N) is 3. The Labute approximate surface area is 177 Å². The number of rotatable bonds is 4. The monoisotopic (exact) mass is 420 g/mol. The lowest BCUT2D eigenvalue weighted by molar-refractivity contribution is 0.171. The molecule has 8 heteroatoms. The summed E-state index contributed by atoms with van der Waals surface area (Å²) in [5, 5.41) is 8.51. The van der Waals surface area contributed by atoms with Gasteiger partial charge in [-0.1, -0.05) is 11.2 Å². The summed E-state index contributed by atoms with van der Waals surface area (Å²) in [6.45, 7) is 1.80. The van der Waals surface area contributed by atoms with Crippen LogP contribution in [0.2, 0.25) is 0 Å². The minimum absolute atomic E-state index is 0.559. The van der Waals surface area contributed by atoms with E-state index in [1.165, 1.54) is 23.3 Å². The van der Waals surface area contributed by atoms with Gasteiger partial charge in [0.1, 0.15) is 23.9 Å². The number of nitrogens with one attached hydrogen (secondary N) is 1. The van der Waals surface area contributed by atoms with Gasteiger partial charge in [-0.05, 0) is 48.9 Å². The largest absolute Gasteiger partial charge is 0.486 e. The van der Waals surface area contributed by atoms with Gasteiger partial charge in [-0.15, -0.1) is 11.3 Å². The number of ether oxygens (including phenoxy) is 2. The number of thiophene rings is 1. The van der Waals surface area contributed by atoms with Gasteiger partial charge in [0, 0.05) is 17.5 Å². The molecule has 0 bridgehead atoms. The van der Waals surface area contributed by atoms with Crippen LogP contribution in [-0.4, -0.2) is 28.3 Å². The third-order valence-corrected chi connectivity index (χ3v) is 6.73. The molecule has 152 valence electrons. The molecule has 6 rings (SSSR count). The topological polar surface area (TPSA) is 82.3 Å². The maximum absolute atomic E-state index is 5.72. The number of aryl methyl sites for hydroxylation is 2. The summed E-state index contributed by atoms with van der Waals surface area (Å²) in [6.07, 6.45) is 6.27. The molecule has 3 aromatic heterocycles. The van der Waals surface area contributed by atoms with Gasteiger partial charge < -0.3 is 19.3 Å². The van der Waals surface area contributed by atoms with Crippen molar-refractivity contribution in [2.75, 3.05) is 18.5 Å². The summed E-state index contributed by atoms with van der Waals surface area (Å²) < 4.78 is 16.7. The van der Waals surface area contributed by atoms with E-state index < -0.39 is 0 Å². The van der Waals surface area contributed by atoms with Crippen molar-refractivity contribution in [2.24, 2.45) is 0 Å². The zero-order valence-corrected chi connectivity index (χ0v) is 17.1. The highest BCUT2D eigenvalue weighted by molar-refractivity contribution is 7.19. The van der Waals surface area contributed by atoms with Gasteiger partial charge >= 0.3 is 0 Å². The molecule has 0 fully saturated rings. The average Bonchev–Trinajstić information content (AvgIpc) is 3.45. The van der Waals surface area contributed by atoms with Gasteiger partial charge in [0.25, 0.3) is 0 Å². The second-order valence-electron chi connectivity index (χ2n) is 7.50. The second kappa shape index (κ2) is 7.28. The van der Waals surface area contributed by atoms with Crippen LogP contribution < -0.4 is 14.8 Å². The Bertz CT molecular complexity index is 1220. The molecular formula is C22H20N4O3S. The van der Waals surface area contributed by atoms with Gasteiger partial charge in [-0.3, -0.25) is 0 Å². The van der Waals surface area contributed by atoms with E-state index in [1.807, 2.05) is 12.1 Å². The first-order valence-corrected chi connectivity index (χ1v) is 11.0. The van der Waals surface area contributed by atoms with E-state index in [2.05, 4.69) is 16.5 Å². The molecule has 1 N–H and O–H groups in total. The normalized spacial score (nSPS) is 15.2. The number of hydrogen-bond donors (Lipinski definition) is 1. The van der Waals surface area contributed by atoms with Crippen LogP contribution in [0.1, 0.15) is 28.8 Å². The van der Waals surface area contributed by atoms with Crippen molar-refractivity contribution in [1.29, 1.82) is 0 Å². The van der Waals surface area contributed by atoms with E-state index in [9.17, 15) is 0 Å². The standard InChI is InChI=1S/C22H20N4O3S/c1-2-4-18-14(3-1)19-21(25-20(26-22(19)30-18)16-7-8-24-29-16)23-12-13-5-6-15-17(11-13)28-10-9-27-15/h5-8,11H,1-4,9-10,12H2,(H,23,25,26). The average molecular weight is 420 g/mol. The Hall–Kier alpha value is -3.13. The summed E-state index contributed by atoms with van der Waals surface area (Å²) in [5.74, 6) is 3.58. The SMILES string of the molecule is c1cc(-c2nc(NCc3ccc4c(c3)OCCO4)c3c4c(sc3n2)CCCC4)on1. The Morgan fingerprint density at radius 1 is 1.00 bits per heavy atom. The second-order valence-corrected chi connectivity index (χ2v) is 8.58. The number of hydrogen-bond acceptors (Lipinski definition) is 8. The molecule has 1 aromatic carbocycles. The molecule has 4 heterocycles. The van der Waals surface area contributed by atoms with E-state index >= 15 is 0 Å². The first kappa shape index (κ1) is 17.7. The van der Waals surface area contributed by atoms with Crippen molar-refractivity contribution < 1.29 is 14.0 Å². The Balaban J connectivity index is 1.39. The first-order chi connectivity index (χ1) is 14.8. The zero-order chi connectivity index (χ0) is 19.9. The molecule has 2 aliphatic rings. The van der Waals surface area contributed by atoms with Crippen molar-refractivity contribution >= 4 is 27.4 Å².